The Balaban J connectivity index is 1.97. The van der Waals surface area contributed by atoms with Crippen LogP contribution >= 0.6 is 0 Å². The first kappa shape index (κ1) is 13.5. The fraction of sp³-hybridized carbons (Fsp3) is 0.176. The lowest BCUT2D eigenvalue weighted by molar-refractivity contribution is -0.117. The molecule has 0 aromatic heterocycles. The van der Waals surface area contributed by atoms with E-state index in [0.29, 0.717) is 12.2 Å². The summed E-state index contributed by atoms with van der Waals surface area (Å²) in [7, 11) is 1.70. The van der Waals surface area contributed by atoms with E-state index >= 15 is 0 Å². The van der Waals surface area contributed by atoms with Crippen molar-refractivity contribution < 1.29 is 9.18 Å². The molecule has 1 saturated heterocycles. The van der Waals surface area contributed by atoms with Gasteiger partial charge in [-0.2, -0.15) is 0 Å². The molecule has 1 amide bonds. The first-order valence-electron chi connectivity index (χ1n) is 6.78. The number of carbonyl (C=O) groups excluding carboxylic acids is 1. The summed E-state index contributed by atoms with van der Waals surface area (Å²) >= 11 is 0. The van der Waals surface area contributed by atoms with Crippen molar-refractivity contribution in [2.75, 3.05) is 18.5 Å². The summed E-state index contributed by atoms with van der Waals surface area (Å²) in [5, 5.41) is 0. The van der Waals surface area contributed by atoms with Gasteiger partial charge in [0.15, 0.2) is 0 Å². The van der Waals surface area contributed by atoms with Gasteiger partial charge in [-0.15, -0.1) is 0 Å². The van der Waals surface area contributed by atoms with E-state index < -0.39 is 0 Å². The Morgan fingerprint density at radius 1 is 1.10 bits per heavy atom. The second kappa shape index (κ2) is 5.48. The predicted octanol–water partition coefficient (Wildman–Crippen LogP) is 3.03. The fourth-order valence-electron chi connectivity index (χ4n) is 2.65. The Labute approximate surface area is 122 Å². The molecular formula is C17H15FN2O. The molecule has 106 valence electrons. The maximum absolute atomic E-state index is 13.0. The highest BCUT2D eigenvalue weighted by molar-refractivity contribution is 6.23. The molecule has 1 atom stereocenters. The summed E-state index contributed by atoms with van der Waals surface area (Å²) in [5.41, 5.74) is 2.46. The van der Waals surface area contributed by atoms with Crippen LogP contribution in [0.3, 0.4) is 0 Å². The van der Waals surface area contributed by atoms with Crippen LogP contribution in [0, 0.1) is 5.82 Å². The van der Waals surface area contributed by atoms with Crippen molar-refractivity contribution in [1.29, 1.82) is 0 Å². The number of anilines is 1. The van der Waals surface area contributed by atoms with Crippen LogP contribution in [0.15, 0.2) is 59.6 Å². The molecule has 2 aromatic rings. The van der Waals surface area contributed by atoms with Crippen molar-refractivity contribution >= 4 is 17.3 Å². The molecule has 0 N–H and O–H groups in total. The highest BCUT2D eigenvalue weighted by atomic mass is 19.1. The number of hydrogen-bond acceptors (Lipinski definition) is 2. The molecule has 1 heterocycles. The van der Waals surface area contributed by atoms with Crippen molar-refractivity contribution in [2.45, 2.75) is 5.92 Å². The highest BCUT2D eigenvalue weighted by Gasteiger charge is 2.38. The summed E-state index contributed by atoms with van der Waals surface area (Å²) in [5.74, 6) is -0.677. The lowest BCUT2D eigenvalue weighted by atomic mass is 9.96. The van der Waals surface area contributed by atoms with Gasteiger partial charge in [0, 0.05) is 18.4 Å². The predicted molar refractivity (Wildman–Crippen MR) is 81.3 cm³/mol. The van der Waals surface area contributed by atoms with E-state index in [4.69, 9.17) is 0 Å². The lowest BCUT2D eigenvalue weighted by Crippen LogP contribution is -2.26. The molecule has 0 saturated carbocycles. The zero-order valence-electron chi connectivity index (χ0n) is 11.7. The van der Waals surface area contributed by atoms with E-state index in [-0.39, 0.29) is 17.6 Å². The van der Waals surface area contributed by atoms with Crippen LogP contribution in [-0.4, -0.2) is 25.2 Å². The molecule has 1 unspecified atom stereocenters. The topological polar surface area (TPSA) is 32.7 Å². The standard InChI is InChI=1S/C17H15FN2O/c1-19-15-11-20(14-9-7-13(18)8-10-14)17(21)16(15)12-5-3-2-4-6-12/h2-10,16H,11H2,1H3. The van der Waals surface area contributed by atoms with Crippen LogP contribution in [-0.2, 0) is 4.79 Å². The van der Waals surface area contributed by atoms with E-state index in [1.165, 1.54) is 12.1 Å². The average molecular weight is 282 g/mol. The normalized spacial score (nSPS) is 20.3. The number of aliphatic imine (C=N–C) groups is 1. The van der Waals surface area contributed by atoms with Gasteiger partial charge in [-0.25, -0.2) is 4.39 Å². The summed E-state index contributed by atoms with van der Waals surface area (Å²) in [4.78, 5) is 18.6. The highest BCUT2D eigenvalue weighted by Crippen LogP contribution is 2.30. The minimum Gasteiger partial charge on any atom is -0.306 e. The summed E-state index contributed by atoms with van der Waals surface area (Å²) in [6.07, 6.45) is 0. The molecular weight excluding hydrogens is 267 g/mol. The minimum absolute atomic E-state index is 0.0200. The Bertz CT molecular complexity index is 680. The molecule has 2 aromatic carbocycles. The van der Waals surface area contributed by atoms with Crippen LogP contribution < -0.4 is 4.90 Å². The van der Waals surface area contributed by atoms with Gasteiger partial charge >= 0.3 is 0 Å². The second-order valence-corrected chi connectivity index (χ2v) is 4.96. The molecule has 3 nitrogen and oxygen atoms in total. The van der Waals surface area contributed by atoms with E-state index in [1.54, 1.807) is 24.1 Å². The van der Waals surface area contributed by atoms with Crippen LogP contribution in [0.4, 0.5) is 10.1 Å². The van der Waals surface area contributed by atoms with Crippen molar-refractivity contribution in [3.05, 3.63) is 66.0 Å². The van der Waals surface area contributed by atoms with E-state index in [1.807, 2.05) is 30.3 Å². The molecule has 21 heavy (non-hydrogen) atoms. The average Bonchev–Trinajstić information content (AvgIpc) is 2.86. The van der Waals surface area contributed by atoms with Gasteiger partial charge in [-0.1, -0.05) is 30.3 Å². The maximum Gasteiger partial charge on any atom is 0.240 e. The Morgan fingerprint density at radius 3 is 2.38 bits per heavy atom. The molecule has 0 radical (unpaired) electrons. The summed E-state index contributed by atoms with van der Waals surface area (Å²) in [6, 6.07) is 15.6. The van der Waals surface area contributed by atoms with Crippen molar-refractivity contribution in [3.63, 3.8) is 0 Å². The molecule has 0 bridgehead atoms. The van der Waals surface area contributed by atoms with Crippen LogP contribution in [0.25, 0.3) is 0 Å². The van der Waals surface area contributed by atoms with Crippen molar-refractivity contribution in [2.24, 2.45) is 4.99 Å². The Kier molecular flexibility index (Phi) is 3.52. The number of carbonyl (C=O) groups is 1. The van der Waals surface area contributed by atoms with Crippen LogP contribution in [0.2, 0.25) is 0 Å². The number of benzene rings is 2. The van der Waals surface area contributed by atoms with Gasteiger partial charge in [-0.3, -0.25) is 9.79 Å². The molecule has 1 fully saturated rings. The molecule has 3 rings (SSSR count). The first-order chi connectivity index (χ1) is 10.2. The monoisotopic (exact) mass is 282 g/mol. The number of hydrogen-bond donors (Lipinski definition) is 0. The zero-order chi connectivity index (χ0) is 14.8. The summed E-state index contributed by atoms with van der Waals surface area (Å²) < 4.78 is 13.0. The van der Waals surface area contributed by atoms with Gasteiger partial charge in [-0.05, 0) is 29.8 Å². The Hall–Kier alpha value is -2.49. The van der Waals surface area contributed by atoms with Gasteiger partial charge < -0.3 is 4.90 Å². The van der Waals surface area contributed by atoms with Gasteiger partial charge in [0.2, 0.25) is 5.91 Å². The maximum atomic E-state index is 13.0. The quantitative estimate of drug-likeness (QED) is 0.833. The first-order valence-corrected chi connectivity index (χ1v) is 6.78. The van der Waals surface area contributed by atoms with E-state index in [9.17, 15) is 9.18 Å². The van der Waals surface area contributed by atoms with Crippen LogP contribution in [0.1, 0.15) is 11.5 Å². The third-order valence-electron chi connectivity index (χ3n) is 3.72. The van der Waals surface area contributed by atoms with Crippen molar-refractivity contribution in [3.8, 4) is 0 Å². The number of nitrogens with zero attached hydrogens (tertiary/aromatic N) is 2. The second-order valence-electron chi connectivity index (χ2n) is 4.96. The van der Waals surface area contributed by atoms with Crippen molar-refractivity contribution in [1.82, 2.24) is 0 Å². The number of halogens is 1. The van der Waals surface area contributed by atoms with Gasteiger partial charge in [0.25, 0.3) is 0 Å². The molecule has 1 aliphatic heterocycles. The molecule has 4 heteroatoms. The van der Waals surface area contributed by atoms with E-state index in [0.717, 1.165) is 11.3 Å². The van der Waals surface area contributed by atoms with Gasteiger partial charge in [0.1, 0.15) is 11.7 Å². The zero-order valence-corrected chi connectivity index (χ0v) is 11.7. The fourth-order valence-corrected chi connectivity index (χ4v) is 2.65. The van der Waals surface area contributed by atoms with Crippen LogP contribution in [0.5, 0.6) is 0 Å². The molecule has 0 spiro atoms. The smallest absolute Gasteiger partial charge is 0.240 e. The number of rotatable bonds is 2. The third kappa shape index (κ3) is 2.44. The molecule has 1 aliphatic rings. The van der Waals surface area contributed by atoms with Gasteiger partial charge in [0.05, 0.1) is 6.54 Å². The number of amides is 1. The third-order valence-corrected chi connectivity index (χ3v) is 3.72. The SMILES string of the molecule is CN=C1CN(c2ccc(F)cc2)C(=O)C1c1ccccc1. The largest absolute Gasteiger partial charge is 0.306 e. The molecule has 0 aliphatic carbocycles. The Morgan fingerprint density at radius 2 is 1.76 bits per heavy atom. The minimum atomic E-state index is -0.346. The lowest BCUT2D eigenvalue weighted by Gasteiger charge is -2.16. The summed E-state index contributed by atoms with van der Waals surface area (Å²) in [6.45, 7) is 0.445. The van der Waals surface area contributed by atoms with E-state index in [2.05, 4.69) is 4.99 Å².